The summed E-state index contributed by atoms with van der Waals surface area (Å²) >= 11 is 0. The van der Waals surface area contributed by atoms with E-state index in [0.29, 0.717) is 17.9 Å². The van der Waals surface area contributed by atoms with E-state index in [2.05, 4.69) is 64.2 Å². The summed E-state index contributed by atoms with van der Waals surface area (Å²) in [6.45, 7) is 12.4. The van der Waals surface area contributed by atoms with Crippen molar-refractivity contribution in [3.63, 3.8) is 0 Å². The molecule has 1 N–H and O–H groups in total. The monoisotopic (exact) mass is 247 g/mol. The minimum Gasteiger partial charge on any atom is -0.310 e. The lowest BCUT2D eigenvalue weighted by Gasteiger charge is -2.25. The lowest BCUT2D eigenvalue weighted by Crippen LogP contribution is -2.27. The minimum atomic E-state index is 0.496. The topological polar surface area (TPSA) is 12.0 Å². The molecule has 0 spiro atoms. The average Bonchev–Trinajstić information content (AvgIpc) is 2.39. The summed E-state index contributed by atoms with van der Waals surface area (Å²) in [5.74, 6) is 1.30. The molecule has 1 aromatic rings. The van der Waals surface area contributed by atoms with E-state index in [9.17, 15) is 0 Å². The van der Waals surface area contributed by atoms with Crippen LogP contribution in [0, 0.1) is 5.92 Å². The summed E-state index contributed by atoms with van der Waals surface area (Å²) in [5.41, 5.74) is 2.86. The maximum absolute atomic E-state index is 3.69. The maximum Gasteiger partial charge on any atom is 0.0345 e. The third-order valence-electron chi connectivity index (χ3n) is 3.79. The molecule has 0 aliphatic carbocycles. The van der Waals surface area contributed by atoms with E-state index in [1.807, 2.05) is 0 Å². The standard InChI is InChI=1S/C17H29N/c1-6-12-18-17(14(5)7-2)16-10-8-15(9-11-16)13(3)4/h8-11,13-14,17-18H,6-7,12H2,1-5H3. The molecule has 1 aromatic carbocycles. The highest BCUT2D eigenvalue weighted by Crippen LogP contribution is 2.26. The fourth-order valence-corrected chi connectivity index (χ4v) is 2.27. The highest BCUT2D eigenvalue weighted by molar-refractivity contribution is 5.27. The van der Waals surface area contributed by atoms with Crippen LogP contribution >= 0.6 is 0 Å². The normalized spacial score (nSPS) is 14.8. The lowest BCUT2D eigenvalue weighted by atomic mass is 9.91. The Balaban J connectivity index is 2.83. The number of hydrogen-bond acceptors (Lipinski definition) is 1. The molecule has 2 atom stereocenters. The van der Waals surface area contributed by atoms with Gasteiger partial charge in [-0.25, -0.2) is 0 Å². The molecule has 0 aliphatic heterocycles. The first-order valence-electron chi connectivity index (χ1n) is 7.43. The van der Waals surface area contributed by atoms with Crippen LogP contribution in [-0.4, -0.2) is 6.54 Å². The molecule has 1 nitrogen and oxygen atoms in total. The lowest BCUT2D eigenvalue weighted by molar-refractivity contribution is 0.377. The van der Waals surface area contributed by atoms with Crippen LogP contribution < -0.4 is 5.32 Å². The van der Waals surface area contributed by atoms with Gasteiger partial charge < -0.3 is 5.32 Å². The summed E-state index contributed by atoms with van der Waals surface area (Å²) in [7, 11) is 0. The fraction of sp³-hybridized carbons (Fsp3) is 0.647. The zero-order valence-electron chi connectivity index (χ0n) is 12.7. The van der Waals surface area contributed by atoms with Crippen molar-refractivity contribution in [2.75, 3.05) is 6.54 Å². The van der Waals surface area contributed by atoms with Gasteiger partial charge in [0.25, 0.3) is 0 Å². The van der Waals surface area contributed by atoms with Crippen LogP contribution in [0.5, 0.6) is 0 Å². The predicted octanol–water partition coefficient (Wildman–Crippen LogP) is 4.90. The van der Waals surface area contributed by atoms with Crippen LogP contribution in [0.15, 0.2) is 24.3 Å². The summed E-state index contributed by atoms with van der Waals surface area (Å²) in [6, 6.07) is 9.66. The molecular weight excluding hydrogens is 218 g/mol. The molecule has 18 heavy (non-hydrogen) atoms. The SMILES string of the molecule is CCCNC(c1ccc(C(C)C)cc1)C(C)CC. The molecule has 0 saturated carbocycles. The molecular formula is C17H29N. The minimum absolute atomic E-state index is 0.496. The van der Waals surface area contributed by atoms with Crippen LogP contribution in [0.4, 0.5) is 0 Å². The molecule has 0 aromatic heterocycles. The Morgan fingerprint density at radius 1 is 0.944 bits per heavy atom. The molecule has 0 aliphatic rings. The molecule has 0 saturated heterocycles. The molecule has 102 valence electrons. The molecule has 0 bridgehead atoms. The quantitative estimate of drug-likeness (QED) is 0.723. The first kappa shape index (κ1) is 15.2. The Bertz CT molecular complexity index is 326. The average molecular weight is 247 g/mol. The van der Waals surface area contributed by atoms with Gasteiger partial charge in [-0.3, -0.25) is 0 Å². The smallest absolute Gasteiger partial charge is 0.0345 e. The number of rotatable bonds is 7. The Labute approximate surface area is 113 Å². The second kappa shape index (κ2) is 7.58. The molecule has 0 amide bonds. The third-order valence-corrected chi connectivity index (χ3v) is 3.79. The van der Waals surface area contributed by atoms with Crippen molar-refractivity contribution >= 4 is 0 Å². The van der Waals surface area contributed by atoms with Crippen molar-refractivity contribution < 1.29 is 0 Å². The van der Waals surface area contributed by atoms with E-state index in [1.165, 1.54) is 24.0 Å². The molecule has 0 heterocycles. The van der Waals surface area contributed by atoms with Crippen LogP contribution in [-0.2, 0) is 0 Å². The van der Waals surface area contributed by atoms with E-state index in [4.69, 9.17) is 0 Å². The Hall–Kier alpha value is -0.820. The van der Waals surface area contributed by atoms with Crippen molar-refractivity contribution in [1.82, 2.24) is 5.32 Å². The first-order valence-corrected chi connectivity index (χ1v) is 7.43. The van der Waals surface area contributed by atoms with Crippen molar-refractivity contribution in [3.05, 3.63) is 35.4 Å². The molecule has 2 unspecified atom stereocenters. The van der Waals surface area contributed by atoms with Gasteiger partial charge >= 0.3 is 0 Å². The zero-order valence-corrected chi connectivity index (χ0v) is 12.7. The van der Waals surface area contributed by atoms with Gasteiger partial charge in [-0.05, 0) is 35.9 Å². The van der Waals surface area contributed by atoms with Crippen molar-refractivity contribution in [2.45, 2.75) is 59.4 Å². The second-order valence-electron chi connectivity index (χ2n) is 5.64. The van der Waals surface area contributed by atoms with Crippen molar-refractivity contribution in [3.8, 4) is 0 Å². The highest BCUT2D eigenvalue weighted by atomic mass is 14.9. The zero-order chi connectivity index (χ0) is 13.5. The van der Waals surface area contributed by atoms with Crippen molar-refractivity contribution in [2.24, 2.45) is 5.92 Å². The van der Waals surface area contributed by atoms with Gasteiger partial charge in [0.2, 0.25) is 0 Å². The second-order valence-corrected chi connectivity index (χ2v) is 5.64. The van der Waals surface area contributed by atoms with Gasteiger partial charge in [-0.1, -0.05) is 65.3 Å². The van der Waals surface area contributed by atoms with E-state index in [-0.39, 0.29) is 0 Å². The van der Waals surface area contributed by atoms with E-state index >= 15 is 0 Å². The van der Waals surface area contributed by atoms with Crippen molar-refractivity contribution in [1.29, 1.82) is 0 Å². The van der Waals surface area contributed by atoms with Gasteiger partial charge in [0.15, 0.2) is 0 Å². The van der Waals surface area contributed by atoms with Gasteiger partial charge in [0.1, 0.15) is 0 Å². The summed E-state index contributed by atoms with van der Waals surface area (Å²) in [5, 5.41) is 3.69. The van der Waals surface area contributed by atoms with Crippen LogP contribution in [0.2, 0.25) is 0 Å². The van der Waals surface area contributed by atoms with Gasteiger partial charge in [0.05, 0.1) is 0 Å². The third kappa shape index (κ3) is 4.13. The summed E-state index contributed by atoms with van der Waals surface area (Å²) in [4.78, 5) is 0. The van der Waals surface area contributed by atoms with Crippen LogP contribution in [0.3, 0.4) is 0 Å². The van der Waals surface area contributed by atoms with Crippen LogP contribution in [0.25, 0.3) is 0 Å². The predicted molar refractivity (Wildman–Crippen MR) is 81.0 cm³/mol. The van der Waals surface area contributed by atoms with E-state index in [1.54, 1.807) is 0 Å². The number of hydrogen-bond donors (Lipinski definition) is 1. The fourth-order valence-electron chi connectivity index (χ4n) is 2.27. The number of benzene rings is 1. The molecule has 1 heteroatoms. The van der Waals surface area contributed by atoms with E-state index in [0.717, 1.165) is 6.54 Å². The first-order chi connectivity index (χ1) is 8.60. The maximum atomic E-state index is 3.69. The van der Waals surface area contributed by atoms with Crippen LogP contribution in [0.1, 0.15) is 70.5 Å². The Morgan fingerprint density at radius 2 is 1.50 bits per heavy atom. The summed E-state index contributed by atoms with van der Waals surface area (Å²) in [6.07, 6.45) is 2.41. The van der Waals surface area contributed by atoms with Gasteiger partial charge in [-0.2, -0.15) is 0 Å². The number of nitrogens with one attached hydrogen (secondary N) is 1. The summed E-state index contributed by atoms with van der Waals surface area (Å²) < 4.78 is 0. The van der Waals surface area contributed by atoms with Gasteiger partial charge in [-0.15, -0.1) is 0 Å². The largest absolute Gasteiger partial charge is 0.310 e. The highest BCUT2D eigenvalue weighted by Gasteiger charge is 2.17. The molecule has 1 rings (SSSR count). The molecule has 0 radical (unpaired) electrons. The molecule has 0 fully saturated rings. The Kier molecular flexibility index (Phi) is 6.42. The van der Waals surface area contributed by atoms with Gasteiger partial charge in [0, 0.05) is 6.04 Å². The van der Waals surface area contributed by atoms with E-state index < -0.39 is 0 Å². The Morgan fingerprint density at radius 3 is 1.94 bits per heavy atom.